The number of rotatable bonds is 2. The van der Waals surface area contributed by atoms with E-state index >= 15 is 0 Å². The van der Waals surface area contributed by atoms with Gasteiger partial charge in [-0.3, -0.25) is 9.89 Å². The Morgan fingerprint density at radius 3 is 2.54 bits per heavy atom. The third kappa shape index (κ3) is 2.11. The average molecular weight is 349 g/mol. The minimum Gasteiger partial charge on any atom is -0.287 e. The summed E-state index contributed by atoms with van der Waals surface area (Å²) in [5.41, 5.74) is 1.63. The van der Waals surface area contributed by atoms with Crippen LogP contribution in [0.15, 0.2) is 65.5 Å². The summed E-state index contributed by atoms with van der Waals surface area (Å²) >= 11 is 3.17. The summed E-state index contributed by atoms with van der Waals surface area (Å²) in [5.74, 6) is 0. The number of H-pyrrole nitrogens is 1. The Kier molecular flexibility index (Phi) is 2.95. The summed E-state index contributed by atoms with van der Waals surface area (Å²) in [7, 11) is 0. The molecule has 0 fully saturated rings. The summed E-state index contributed by atoms with van der Waals surface area (Å²) in [6, 6.07) is 19.9. The number of para-hydroxylation sites is 1. The summed E-state index contributed by atoms with van der Waals surface area (Å²) in [6.45, 7) is 0. The van der Waals surface area contributed by atoms with Crippen LogP contribution in [-0.4, -0.2) is 14.8 Å². The highest BCUT2D eigenvalue weighted by molar-refractivity contribution is 7.22. The van der Waals surface area contributed by atoms with E-state index in [1.807, 2.05) is 36.4 Å². The Bertz CT molecular complexity index is 1180. The van der Waals surface area contributed by atoms with Gasteiger partial charge in [0, 0.05) is 10.8 Å². The third-order valence-electron chi connectivity index (χ3n) is 3.89. The molecule has 24 heavy (non-hydrogen) atoms. The molecule has 0 spiro atoms. The standard InChI is InChI=1S/C18H11N3OS2/c22-17-10-13(16-9-11-5-1-3-7-14(11)23-16)20-21(17)18-19-12-6-2-4-8-15(12)24-18/h1-10,20H. The summed E-state index contributed by atoms with van der Waals surface area (Å²) in [6.07, 6.45) is 0. The van der Waals surface area contributed by atoms with Gasteiger partial charge in [-0.25, -0.2) is 4.98 Å². The molecule has 0 amide bonds. The minimum atomic E-state index is -0.0958. The fourth-order valence-electron chi connectivity index (χ4n) is 2.73. The van der Waals surface area contributed by atoms with Crippen molar-refractivity contribution in [2.75, 3.05) is 0 Å². The van der Waals surface area contributed by atoms with Crippen LogP contribution in [0.3, 0.4) is 0 Å². The van der Waals surface area contributed by atoms with Crippen molar-refractivity contribution in [1.82, 2.24) is 14.8 Å². The van der Waals surface area contributed by atoms with Gasteiger partial charge in [-0.05, 0) is 29.7 Å². The first kappa shape index (κ1) is 13.7. The zero-order valence-corrected chi connectivity index (χ0v) is 14.0. The number of hydrogen-bond donors (Lipinski definition) is 1. The molecule has 0 saturated heterocycles. The molecule has 0 aliphatic heterocycles. The number of nitrogens with zero attached hydrogens (tertiary/aromatic N) is 2. The summed E-state index contributed by atoms with van der Waals surface area (Å²) < 4.78 is 3.79. The number of nitrogens with one attached hydrogen (secondary N) is 1. The Morgan fingerprint density at radius 1 is 0.917 bits per heavy atom. The van der Waals surface area contributed by atoms with Crippen molar-refractivity contribution in [2.24, 2.45) is 0 Å². The zero-order chi connectivity index (χ0) is 16.1. The molecule has 0 atom stereocenters. The molecule has 0 bridgehead atoms. The smallest absolute Gasteiger partial charge is 0.273 e. The molecule has 6 heteroatoms. The van der Waals surface area contributed by atoms with Crippen LogP contribution in [0.5, 0.6) is 0 Å². The molecule has 3 heterocycles. The first-order chi connectivity index (χ1) is 11.8. The average Bonchev–Trinajstić information content (AvgIpc) is 3.29. The van der Waals surface area contributed by atoms with Crippen LogP contribution in [0.25, 0.3) is 36.0 Å². The van der Waals surface area contributed by atoms with Crippen molar-refractivity contribution in [3.05, 3.63) is 71.0 Å². The number of hydrogen-bond acceptors (Lipinski definition) is 4. The van der Waals surface area contributed by atoms with Crippen LogP contribution in [-0.2, 0) is 0 Å². The normalized spacial score (nSPS) is 11.5. The molecule has 5 rings (SSSR count). The van der Waals surface area contributed by atoms with Gasteiger partial charge in [0.1, 0.15) is 0 Å². The van der Waals surface area contributed by atoms with Crippen LogP contribution in [0.4, 0.5) is 0 Å². The number of aromatic amines is 1. The molecule has 0 radical (unpaired) electrons. The Morgan fingerprint density at radius 2 is 1.71 bits per heavy atom. The topological polar surface area (TPSA) is 50.7 Å². The van der Waals surface area contributed by atoms with Gasteiger partial charge in [0.2, 0.25) is 5.13 Å². The molecular formula is C18H11N3OS2. The van der Waals surface area contributed by atoms with Crippen molar-refractivity contribution >= 4 is 43.0 Å². The number of aromatic nitrogens is 3. The summed E-state index contributed by atoms with van der Waals surface area (Å²) in [5, 5.41) is 5.05. The lowest BCUT2D eigenvalue weighted by molar-refractivity contribution is 0.846. The van der Waals surface area contributed by atoms with Crippen molar-refractivity contribution < 1.29 is 0 Å². The lowest BCUT2D eigenvalue weighted by atomic mass is 10.2. The maximum Gasteiger partial charge on any atom is 0.273 e. The van der Waals surface area contributed by atoms with E-state index in [0.717, 1.165) is 20.8 Å². The summed E-state index contributed by atoms with van der Waals surface area (Å²) in [4.78, 5) is 18.0. The van der Waals surface area contributed by atoms with Crippen molar-refractivity contribution in [3.8, 4) is 15.7 Å². The predicted molar refractivity (Wildman–Crippen MR) is 100 cm³/mol. The fourth-order valence-corrected chi connectivity index (χ4v) is 4.70. The van der Waals surface area contributed by atoms with Gasteiger partial charge in [0.05, 0.1) is 20.8 Å². The SMILES string of the molecule is O=c1cc(-c2cc3ccccc3s2)[nH]n1-c1nc2ccccc2s1. The van der Waals surface area contributed by atoms with Gasteiger partial charge in [-0.1, -0.05) is 41.7 Å². The molecule has 0 unspecified atom stereocenters. The van der Waals surface area contributed by atoms with E-state index in [1.165, 1.54) is 26.1 Å². The molecule has 4 nitrogen and oxygen atoms in total. The molecule has 0 aliphatic carbocycles. The van der Waals surface area contributed by atoms with Crippen molar-refractivity contribution in [2.45, 2.75) is 0 Å². The highest BCUT2D eigenvalue weighted by atomic mass is 32.1. The lowest BCUT2D eigenvalue weighted by Gasteiger charge is -1.95. The second kappa shape index (κ2) is 5.15. The van der Waals surface area contributed by atoms with Gasteiger partial charge >= 0.3 is 0 Å². The third-order valence-corrected chi connectivity index (χ3v) is 6.06. The highest BCUT2D eigenvalue weighted by Gasteiger charge is 2.12. The van der Waals surface area contributed by atoms with Crippen LogP contribution in [0, 0.1) is 0 Å². The predicted octanol–water partition coefficient (Wildman–Crippen LogP) is 4.66. The monoisotopic (exact) mass is 349 g/mol. The Balaban J connectivity index is 1.65. The molecule has 0 aliphatic rings. The van der Waals surface area contributed by atoms with E-state index < -0.39 is 0 Å². The zero-order valence-electron chi connectivity index (χ0n) is 12.4. The van der Waals surface area contributed by atoms with Crippen LogP contribution >= 0.6 is 22.7 Å². The molecule has 5 aromatic rings. The molecule has 1 N–H and O–H groups in total. The number of benzene rings is 2. The molecule has 2 aromatic carbocycles. The number of thiazole rings is 1. The number of fused-ring (bicyclic) bond motifs is 2. The molecular weight excluding hydrogens is 338 g/mol. The first-order valence-corrected chi connectivity index (χ1v) is 9.08. The van der Waals surface area contributed by atoms with E-state index in [0.29, 0.717) is 5.13 Å². The van der Waals surface area contributed by atoms with Crippen LogP contribution in [0.1, 0.15) is 0 Å². The minimum absolute atomic E-state index is 0.0958. The van der Waals surface area contributed by atoms with Crippen molar-refractivity contribution in [3.63, 3.8) is 0 Å². The van der Waals surface area contributed by atoms with E-state index in [9.17, 15) is 4.79 Å². The fraction of sp³-hybridized carbons (Fsp3) is 0. The van der Waals surface area contributed by atoms with Crippen LogP contribution in [0.2, 0.25) is 0 Å². The van der Waals surface area contributed by atoms with Gasteiger partial charge in [0.25, 0.3) is 5.56 Å². The maximum atomic E-state index is 12.4. The maximum absolute atomic E-state index is 12.4. The molecule has 0 saturated carbocycles. The Hall–Kier alpha value is -2.70. The second-order valence-electron chi connectivity index (χ2n) is 5.46. The van der Waals surface area contributed by atoms with E-state index in [-0.39, 0.29) is 5.56 Å². The van der Waals surface area contributed by atoms with Gasteiger partial charge in [-0.15, -0.1) is 11.3 Å². The largest absolute Gasteiger partial charge is 0.287 e. The van der Waals surface area contributed by atoms with Crippen molar-refractivity contribution in [1.29, 1.82) is 0 Å². The van der Waals surface area contributed by atoms with Gasteiger partial charge < -0.3 is 0 Å². The van der Waals surface area contributed by atoms with E-state index in [4.69, 9.17) is 0 Å². The van der Waals surface area contributed by atoms with E-state index in [2.05, 4.69) is 28.3 Å². The Labute approximate surface area is 144 Å². The lowest BCUT2D eigenvalue weighted by Crippen LogP contribution is -2.12. The van der Waals surface area contributed by atoms with E-state index in [1.54, 1.807) is 17.4 Å². The van der Waals surface area contributed by atoms with Gasteiger partial charge in [0.15, 0.2) is 0 Å². The van der Waals surface area contributed by atoms with Gasteiger partial charge in [-0.2, -0.15) is 4.68 Å². The first-order valence-electron chi connectivity index (χ1n) is 7.45. The molecule has 116 valence electrons. The second-order valence-corrected chi connectivity index (χ2v) is 7.55. The quantitative estimate of drug-likeness (QED) is 0.504. The number of thiophene rings is 1. The molecule has 3 aromatic heterocycles. The van der Waals surface area contributed by atoms with Crippen LogP contribution < -0.4 is 5.56 Å². The highest BCUT2D eigenvalue weighted by Crippen LogP contribution is 2.32.